The Hall–Kier alpha value is -3.46. The lowest BCUT2D eigenvalue weighted by Gasteiger charge is -2.15. The molecule has 290 valence electrons. The first-order chi connectivity index (χ1) is 24.8. The van der Waals surface area contributed by atoms with Crippen LogP contribution in [0.25, 0.3) is 0 Å². The van der Waals surface area contributed by atoms with Crippen LogP contribution < -0.4 is 10.6 Å². The second-order valence-corrected chi connectivity index (χ2v) is 13.0. The molecule has 2 unspecified atom stereocenters. The number of aliphatic hydroxyl groups excluding tert-OH is 1. The molecule has 4 N–H and O–H groups in total. The summed E-state index contributed by atoms with van der Waals surface area (Å²) in [6.45, 7) is 3.29. The second-order valence-electron chi connectivity index (χ2n) is 13.0. The number of ether oxygens (including phenoxy) is 1. The quantitative estimate of drug-likeness (QED) is 0.0296. The van der Waals surface area contributed by atoms with Crippen LogP contribution in [0.1, 0.15) is 155 Å². The molecule has 2 atom stereocenters. The van der Waals surface area contributed by atoms with E-state index in [2.05, 4.69) is 79.2 Å². The minimum absolute atomic E-state index is 0.138. The van der Waals surface area contributed by atoms with Crippen LogP contribution in [0, 0.1) is 0 Å². The minimum Gasteiger partial charge on any atom is -0.480 e. The maximum atomic E-state index is 12.7. The SMILES string of the molecule is CC/C=C\C/C=C\C/C=C\C/C=C\CCCCCCC(=O)OC(/C=C\CCCCCCC)CCCCCCC(=O)NCC(=O)NC(CO)C(=O)O. The van der Waals surface area contributed by atoms with Crippen molar-refractivity contribution in [2.45, 2.75) is 167 Å². The predicted octanol–water partition coefficient (Wildman–Crippen LogP) is 8.98. The summed E-state index contributed by atoms with van der Waals surface area (Å²) in [5, 5.41) is 22.5. The van der Waals surface area contributed by atoms with Gasteiger partial charge in [0.2, 0.25) is 11.8 Å². The van der Waals surface area contributed by atoms with Gasteiger partial charge in [0.15, 0.2) is 0 Å². The van der Waals surface area contributed by atoms with Crippen LogP contribution in [-0.2, 0) is 23.9 Å². The Balaban J connectivity index is 4.30. The van der Waals surface area contributed by atoms with E-state index in [0.29, 0.717) is 12.8 Å². The Bertz CT molecular complexity index is 1050. The summed E-state index contributed by atoms with van der Waals surface area (Å²) < 4.78 is 5.87. The first-order valence-electron chi connectivity index (χ1n) is 19.7. The predicted molar refractivity (Wildman–Crippen MR) is 208 cm³/mol. The summed E-state index contributed by atoms with van der Waals surface area (Å²) >= 11 is 0. The van der Waals surface area contributed by atoms with E-state index in [0.717, 1.165) is 96.3 Å². The number of carboxylic acid groups (broad SMARTS) is 1. The van der Waals surface area contributed by atoms with Crippen molar-refractivity contribution in [3.05, 3.63) is 60.8 Å². The lowest BCUT2D eigenvalue weighted by molar-refractivity contribution is -0.147. The van der Waals surface area contributed by atoms with Gasteiger partial charge in [-0.25, -0.2) is 4.79 Å². The Morgan fingerprint density at radius 2 is 1.18 bits per heavy atom. The molecule has 0 aromatic heterocycles. The summed E-state index contributed by atoms with van der Waals surface area (Å²) in [5.41, 5.74) is 0. The summed E-state index contributed by atoms with van der Waals surface area (Å²) in [4.78, 5) is 47.4. The maximum Gasteiger partial charge on any atom is 0.328 e. The highest BCUT2D eigenvalue weighted by Crippen LogP contribution is 2.15. The van der Waals surface area contributed by atoms with Gasteiger partial charge in [-0.15, -0.1) is 0 Å². The monoisotopic (exact) mass is 715 g/mol. The highest BCUT2D eigenvalue weighted by atomic mass is 16.5. The van der Waals surface area contributed by atoms with Crippen molar-refractivity contribution in [2.24, 2.45) is 0 Å². The molecule has 0 aromatic carbocycles. The highest BCUT2D eigenvalue weighted by molar-refractivity contribution is 5.87. The number of carboxylic acids is 1. The molecule has 0 saturated heterocycles. The van der Waals surface area contributed by atoms with Crippen molar-refractivity contribution in [3.8, 4) is 0 Å². The van der Waals surface area contributed by atoms with Crippen molar-refractivity contribution in [1.29, 1.82) is 0 Å². The summed E-state index contributed by atoms with van der Waals surface area (Å²) in [7, 11) is 0. The molecule has 0 saturated carbocycles. The molecule has 2 amide bonds. The molecule has 51 heavy (non-hydrogen) atoms. The molecular weight excluding hydrogens is 644 g/mol. The fraction of sp³-hybridized carbons (Fsp3) is 0.667. The van der Waals surface area contributed by atoms with E-state index in [-0.39, 0.29) is 30.9 Å². The Morgan fingerprint density at radius 3 is 1.78 bits per heavy atom. The number of nitrogens with one attached hydrogen (secondary N) is 2. The topological polar surface area (TPSA) is 142 Å². The van der Waals surface area contributed by atoms with Gasteiger partial charge in [0.05, 0.1) is 13.2 Å². The number of carbonyl (C=O) groups is 4. The molecule has 0 aromatic rings. The lowest BCUT2D eigenvalue weighted by Crippen LogP contribution is -2.47. The Morgan fingerprint density at radius 1 is 0.627 bits per heavy atom. The fourth-order valence-electron chi connectivity index (χ4n) is 5.20. The van der Waals surface area contributed by atoms with Gasteiger partial charge in [-0.05, 0) is 83.1 Å². The second kappa shape index (κ2) is 36.3. The van der Waals surface area contributed by atoms with Crippen LogP contribution in [0.4, 0.5) is 0 Å². The molecule has 0 rings (SSSR count). The van der Waals surface area contributed by atoms with E-state index in [1.807, 2.05) is 6.08 Å². The molecule has 0 heterocycles. The van der Waals surface area contributed by atoms with Crippen molar-refractivity contribution < 1.29 is 34.1 Å². The van der Waals surface area contributed by atoms with Crippen molar-refractivity contribution >= 4 is 23.8 Å². The number of rotatable bonds is 34. The molecule has 0 aliphatic rings. The molecule has 0 aliphatic carbocycles. The normalized spacial score (nSPS) is 13.2. The number of aliphatic carboxylic acids is 1. The molecule has 0 spiro atoms. The van der Waals surface area contributed by atoms with Gasteiger partial charge < -0.3 is 25.6 Å². The number of hydrogen-bond donors (Lipinski definition) is 4. The molecule has 0 aliphatic heterocycles. The standard InChI is InChI=1S/C42H70N2O7/c1-3-5-7-9-11-12-13-14-15-16-17-18-19-20-22-24-30-34-41(48)51-37(31-27-23-21-10-8-6-4-2)32-28-25-26-29-33-39(46)43-35-40(47)44-38(36-45)42(49)50/h5,7,11-12,14-15,17-18,27,31,37-38,45H,3-4,6,8-10,13,16,19-26,28-30,32-36H2,1-2H3,(H,43,46)(H,44,47)(H,49,50)/b7-5-,12-11-,15-14-,18-17-,31-27-. The number of unbranched alkanes of at least 4 members (excludes halogenated alkanes) is 12. The average molecular weight is 715 g/mol. The van der Waals surface area contributed by atoms with Gasteiger partial charge >= 0.3 is 11.9 Å². The van der Waals surface area contributed by atoms with E-state index in [9.17, 15) is 19.2 Å². The molecule has 9 heteroatoms. The van der Waals surface area contributed by atoms with Crippen LogP contribution >= 0.6 is 0 Å². The first kappa shape index (κ1) is 47.5. The fourth-order valence-corrected chi connectivity index (χ4v) is 5.20. The number of amides is 2. The van der Waals surface area contributed by atoms with Crippen LogP contribution in [0.5, 0.6) is 0 Å². The largest absolute Gasteiger partial charge is 0.480 e. The molecular formula is C42H70N2O7. The van der Waals surface area contributed by atoms with E-state index < -0.39 is 24.5 Å². The van der Waals surface area contributed by atoms with E-state index in [1.165, 1.54) is 25.7 Å². The number of esters is 1. The summed E-state index contributed by atoms with van der Waals surface area (Å²) in [5.74, 6) is -2.44. The smallest absolute Gasteiger partial charge is 0.328 e. The van der Waals surface area contributed by atoms with E-state index >= 15 is 0 Å². The maximum absolute atomic E-state index is 12.7. The molecule has 0 radical (unpaired) electrons. The third-order valence-corrected chi connectivity index (χ3v) is 8.23. The highest BCUT2D eigenvalue weighted by Gasteiger charge is 2.18. The van der Waals surface area contributed by atoms with Crippen molar-refractivity contribution in [2.75, 3.05) is 13.2 Å². The van der Waals surface area contributed by atoms with Crippen LogP contribution in [0.15, 0.2) is 60.8 Å². The van der Waals surface area contributed by atoms with E-state index in [1.54, 1.807) is 0 Å². The Labute approximate surface area is 309 Å². The Kier molecular flexibility index (Phi) is 33.9. The average Bonchev–Trinajstić information content (AvgIpc) is 3.11. The van der Waals surface area contributed by atoms with Crippen LogP contribution in [0.2, 0.25) is 0 Å². The zero-order valence-electron chi connectivity index (χ0n) is 31.8. The first-order valence-corrected chi connectivity index (χ1v) is 19.7. The lowest BCUT2D eigenvalue weighted by atomic mass is 10.1. The summed E-state index contributed by atoms with van der Waals surface area (Å²) in [6.07, 6.45) is 42.6. The third-order valence-electron chi connectivity index (χ3n) is 8.23. The van der Waals surface area contributed by atoms with Crippen LogP contribution in [-0.4, -0.2) is 59.3 Å². The number of hydrogen-bond acceptors (Lipinski definition) is 6. The van der Waals surface area contributed by atoms with Crippen molar-refractivity contribution in [3.63, 3.8) is 0 Å². The minimum atomic E-state index is -1.39. The van der Waals surface area contributed by atoms with Gasteiger partial charge in [0.25, 0.3) is 0 Å². The van der Waals surface area contributed by atoms with Gasteiger partial charge in [0.1, 0.15) is 12.1 Å². The molecule has 9 nitrogen and oxygen atoms in total. The number of allylic oxidation sites excluding steroid dienone is 9. The number of aliphatic hydroxyl groups is 1. The molecule has 0 bridgehead atoms. The summed E-state index contributed by atoms with van der Waals surface area (Å²) in [6, 6.07) is -1.39. The van der Waals surface area contributed by atoms with Gasteiger partial charge in [0, 0.05) is 12.8 Å². The number of carbonyl (C=O) groups excluding carboxylic acids is 3. The van der Waals surface area contributed by atoms with Gasteiger partial charge in [-0.2, -0.15) is 0 Å². The van der Waals surface area contributed by atoms with Crippen LogP contribution in [0.3, 0.4) is 0 Å². The zero-order chi connectivity index (χ0) is 37.6. The third kappa shape index (κ3) is 33.4. The van der Waals surface area contributed by atoms with Gasteiger partial charge in [-0.1, -0.05) is 120 Å². The zero-order valence-corrected chi connectivity index (χ0v) is 31.8. The van der Waals surface area contributed by atoms with Gasteiger partial charge in [-0.3, -0.25) is 14.4 Å². The van der Waals surface area contributed by atoms with E-state index in [4.69, 9.17) is 14.9 Å². The van der Waals surface area contributed by atoms with Crippen molar-refractivity contribution in [1.82, 2.24) is 10.6 Å². The molecule has 0 fully saturated rings.